The molecular formula is C13H20IN. The van der Waals surface area contributed by atoms with Crippen LogP contribution in [0.15, 0.2) is 46.6 Å². The van der Waals surface area contributed by atoms with E-state index in [1.165, 1.54) is 3.58 Å². The Kier molecular flexibility index (Phi) is 11.4. The second-order valence-electron chi connectivity index (χ2n) is 3.18. The van der Waals surface area contributed by atoms with E-state index in [4.69, 9.17) is 0 Å². The van der Waals surface area contributed by atoms with Crippen molar-refractivity contribution in [3.8, 4) is 0 Å². The predicted octanol–water partition coefficient (Wildman–Crippen LogP) is 3.99. The molecule has 0 saturated carbocycles. The number of hydrogen-bond acceptors (Lipinski definition) is 1. The quantitative estimate of drug-likeness (QED) is 0.309. The maximum absolute atomic E-state index is 3.83. The van der Waals surface area contributed by atoms with Crippen LogP contribution in [0.1, 0.15) is 19.3 Å². The molecule has 1 N–H and O–H groups in total. The van der Waals surface area contributed by atoms with Gasteiger partial charge in [0.25, 0.3) is 0 Å². The van der Waals surface area contributed by atoms with E-state index in [1.807, 2.05) is 7.05 Å². The van der Waals surface area contributed by atoms with Crippen LogP contribution in [0.2, 0.25) is 0 Å². The van der Waals surface area contributed by atoms with E-state index in [0.717, 1.165) is 25.8 Å². The number of halogens is 1. The van der Waals surface area contributed by atoms with Crippen molar-refractivity contribution in [3.63, 3.8) is 0 Å². The Balaban J connectivity index is 3.38. The van der Waals surface area contributed by atoms with Crippen LogP contribution in [-0.2, 0) is 0 Å². The Morgan fingerprint density at radius 1 is 1.13 bits per heavy atom. The summed E-state index contributed by atoms with van der Waals surface area (Å²) < 4.78 is 1.17. The van der Waals surface area contributed by atoms with Crippen molar-refractivity contribution >= 4 is 22.6 Å². The third-order valence-corrected chi connectivity index (χ3v) is 2.15. The van der Waals surface area contributed by atoms with Crippen LogP contribution >= 0.6 is 22.6 Å². The fourth-order valence-corrected chi connectivity index (χ4v) is 1.22. The summed E-state index contributed by atoms with van der Waals surface area (Å²) in [5.41, 5.74) is 0. The highest BCUT2D eigenvalue weighted by Crippen LogP contribution is 2.07. The Morgan fingerprint density at radius 3 is 2.47 bits per heavy atom. The van der Waals surface area contributed by atoms with Crippen molar-refractivity contribution in [2.24, 2.45) is 0 Å². The Morgan fingerprint density at radius 2 is 1.80 bits per heavy atom. The molecule has 1 nitrogen and oxygen atoms in total. The molecule has 0 aromatic heterocycles. The molecule has 0 unspecified atom stereocenters. The highest BCUT2D eigenvalue weighted by molar-refractivity contribution is 14.1. The minimum atomic E-state index is 0.960. The van der Waals surface area contributed by atoms with Crippen molar-refractivity contribution in [3.05, 3.63) is 46.6 Å². The lowest BCUT2D eigenvalue weighted by molar-refractivity contribution is 0.911. The molecule has 15 heavy (non-hydrogen) atoms. The van der Waals surface area contributed by atoms with Gasteiger partial charge in [0.05, 0.1) is 0 Å². The molecule has 0 radical (unpaired) electrons. The Bertz CT molecular complexity index is 239. The van der Waals surface area contributed by atoms with Crippen LogP contribution in [0, 0.1) is 0 Å². The van der Waals surface area contributed by atoms with E-state index in [0.29, 0.717) is 0 Å². The van der Waals surface area contributed by atoms with Gasteiger partial charge in [-0.15, -0.1) is 0 Å². The van der Waals surface area contributed by atoms with Crippen LogP contribution in [0.4, 0.5) is 0 Å². The zero-order valence-corrected chi connectivity index (χ0v) is 11.5. The lowest BCUT2D eigenvalue weighted by Crippen LogP contribution is -2.03. The third kappa shape index (κ3) is 13.7. The Hall–Kier alpha value is -0.350. The van der Waals surface area contributed by atoms with E-state index >= 15 is 0 Å². The van der Waals surface area contributed by atoms with Crippen molar-refractivity contribution in [1.29, 1.82) is 0 Å². The van der Waals surface area contributed by atoms with E-state index < -0.39 is 0 Å². The van der Waals surface area contributed by atoms with Gasteiger partial charge in [0.15, 0.2) is 0 Å². The van der Waals surface area contributed by atoms with Crippen LogP contribution in [0.5, 0.6) is 0 Å². The van der Waals surface area contributed by atoms with Gasteiger partial charge < -0.3 is 5.32 Å². The molecule has 0 aromatic rings. The molecule has 0 aromatic carbocycles. The van der Waals surface area contributed by atoms with Gasteiger partial charge in [0, 0.05) is 6.54 Å². The van der Waals surface area contributed by atoms with Gasteiger partial charge in [-0.25, -0.2) is 0 Å². The molecular weight excluding hydrogens is 297 g/mol. The lowest BCUT2D eigenvalue weighted by Gasteiger charge is -1.88. The predicted molar refractivity (Wildman–Crippen MR) is 78.4 cm³/mol. The van der Waals surface area contributed by atoms with Gasteiger partial charge >= 0.3 is 0 Å². The summed E-state index contributed by atoms with van der Waals surface area (Å²) in [6, 6.07) is 0. The monoisotopic (exact) mass is 317 g/mol. The topological polar surface area (TPSA) is 12.0 Å². The number of unbranched alkanes of at least 4 members (excludes halogenated alkanes) is 1. The molecule has 0 heterocycles. The maximum atomic E-state index is 3.83. The fourth-order valence-electron chi connectivity index (χ4n) is 0.961. The number of hydrogen-bond donors (Lipinski definition) is 1. The Labute approximate surface area is 107 Å². The summed E-state index contributed by atoms with van der Waals surface area (Å²) in [6.07, 6.45) is 16.1. The normalized spacial score (nSPS) is 12.1. The van der Waals surface area contributed by atoms with Crippen molar-refractivity contribution in [2.75, 3.05) is 13.6 Å². The second kappa shape index (κ2) is 11.7. The molecule has 0 saturated heterocycles. The lowest BCUT2D eigenvalue weighted by atomic mass is 10.2. The van der Waals surface area contributed by atoms with Gasteiger partial charge in [-0.1, -0.05) is 43.0 Å². The third-order valence-electron chi connectivity index (χ3n) is 1.71. The van der Waals surface area contributed by atoms with E-state index in [-0.39, 0.29) is 0 Å². The smallest absolute Gasteiger partial charge is 0.0131 e. The molecule has 2 heteroatoms. The molecule has 84 valence electrons. The first-order chi connectivity index (χ1) is 7.27. The van der Waals surface area contributed by atoms with Crippen molar-refractivity contribution in [1.82, 2.24) is 5.32 Å². The average Bonchev–Trinajstić information content (AvgIpc) is 2.20. The van der Waals surface area contributed by atoms with Crippen LogP contribution in [-0.4, -0.2) is 13.6 Å². The summed E-state index contributed by atoms with van der Waals surface area (Å²) in [6.45, 7) is 4.79. The maximum Gasteiger partial charge on any atom is 0.0131 e. The summed E-state index contributed by atoms with van der Waals surface area (Å²) in [5.74, 6) is 0. The van der Waals surface area contributed by atoms with Crippen LogP contribution in [0.3, 0.4) is 0 Å². The fraction of sp³-hybridized carbons (Fsp3) is 0.385. The van der Waals surface area contributed by atoms with E-state index in [2.05, 4.69) is 70.9 Å². The van der Waals surface area contributed by atoms with Crippen LogP contribution < -0.4 is 5.32 Å². The first-order valence-electron chi connectivity index (χ1n) is 5.22. The number of nitrogens with one attached hydrogen (secondary N) is 1. The molecule has 0 aliphatic heterocycles. The first kappa shape index (κ1) is 14.6. The second-order valence-corrected chi connectivity index (χ2v) is 4.71. The van der Waals surface area contributed by atoms with Gasteiger partial charge in [-0.05, 0) is 52.5 Å². The summed E-state index contributed by atoms with van der Waals surface area (Å²) in [4.78, 5) is 0. The standard InChI is InChI=1S/C13H20IN/c1-13(14)11-9-7-5-3-4-6-8-10-12-15-2/h3,5,7-10,15H,1,4,6,11-12H2,2H3/b5-3-,9-7-,10-8+. The first-order valence-corrected chi connectivity index (χ1v) is 6.29. The SMILES string of the molecule is C=C(I)C/C=C\C=C/CC/C=C/CNC. The molecule has 0 amide bonds. The highest BCUT2D eigenvalue weighted by Gasteiger charge is 1.78. The summed E-state index contributed by atoms with van der Waals surface area (Å²) >= 11 is 2.24. The number of rotatable bonds is 8. The van der Waals surface area contributed by atoms with E-state index in [9.17, 15) is 0 Å². The average molecular weight is 317 g/mol. The van der Waals surface area contributed by atoms with Gasteiger partial charge in [-0.3, -0.25) is 0 Å². The molecule has 0 aliphatic rings. The molecule has 0 spiro atoms. The summed E-state index contributed by atoms with van der Waals surface area (Å²) in [5, 5.41) is 3.07. The highest BCUT2D eigenvalue weighted by atomic mass is 127. The molecule has 0 atom stereocenters. The molecule has 0 aliphatic carbocycles. The minimum Gasteiger partial charge on any atom is -0.316 e. The van der Waals surface area contributed by atoms with Crippen molar-refractivity contribution in [2.45, 2.75) is 19.3 Å². The van der Waals surface area contributed by atoms with E-state index in [1.54, 1.807) is 0 Å². The van der Waals surface area contributed by atoms with Gasteiger partial charge in [-0.2, -0.15) is 0 Å². The zero-order valence-electron chi connectivity index (χ0n) is 9.38. The zero-order chi connectivity index (χ0) is 11.4. The number of allylic oxidation sites excluding steroid dienone is 6. The minimum absolute atomic E-state index is 0.960. The van der Waals surface area contributed by atoms with Crippen LogP contribution in [0.25, 0.3) is 0 Å². The van der Waals surface area contributed by atoms with Gasteiger partial charge in [0.1, 0.15) is 0 Å². The van der Waals surface area contributed by atoms with Gasteiger partial charge in [0.2, 0.25) is 0 Å². The summed E-state index contributed by atoms with van der Waals surface area (Å²) in [7, 11) is 1.95. The largest absolute Gasteiger partial charge is 0.316 e. The molecule has 0 rings (SSSR count). The van der Waals surface area contributed by atoms with Crippen molar-refractivity contribution < 1.29 is 0 Å². The number of likely N-dealkylation sites (N-methyl/N-ethyl adjacent to an activating group) is 1. The molecule has 0 fully saturated rings. The molecule has 0 bridgehead atoms.